The third kappa shape index (κ3) is 9.34. The quantitative estimate of drug-likeness (QED) is 0.521. The van der Waals surface area contributed by atoms with Crippen molar-refractivity contribution in [2.24, 2.45) is 11.5 Å². The molecule has 1 aromatic rings. The van der Waals surface area contributed by atoms with Crippen molar-refractivity contribution in [3.05, 3.63) is 29.3 Å². The molecule has 0 aromatic heterocycles. The summed E-state index contributed by atoms with van der Waals surface area (Å²) in [4.78, 5) is 20.9. The minimum absolute atomic E-state index is 0.488. The zero-order valence-electron chi connectivity index (χ0n) is 13.9. The summed E-state index contributed by atoms with van der Waals surface area (Å²) < 4.78 is 5.26. The Hall–Kier alpha value is -1.83. The summed E-state index contributed by atoms with van der Waals surface area (Å²) in [7, 11) is 0. The molecule has 8 heteroatoms. The minimum atomic E-state index is -1.23. The molecule has 0 spiro atoms. The molecule has 0 aliphatic carbocycles. The number of unbranched alkanes of at least 4 members (excludes halogenated alkanes) is 1. The number of ether oxygens (including phenoxy) is 1. The highest BCUT2D eigenvalue weighted by Gasteiger charge is 2.29. The number of nitrogens with two attached hydrogens (primary N) is 2. The molecular formula is C16H25ClN2O5. The molecule has 0 aliphatic rings. The van der Waals surface area contributed by atoms with Gasteiger partial charge < -0.3 is 26.4 Å². The second-order valence-corrected chi connectivity index (χ2v) is 6.04. The van der Waals surface area contributed by atoms with Gasteiger partial charge >= 0.3 is 11.9 Å². The highest BCUT2D eigenvalue weighted by Crippen LogP contribution is 2.20. The van der Waals surface area contributed by atoms with E-state index in [-0.39, 0.29) is 0 Å². The van der Waals surface area contributed by atoms with Gasteiger partial charge in [0.05, 0.1) is 0 Å². The smallest absolute Gasteiger partial charge is 0.347 e. The van der Waals surface area contributed by atoms with Crippen LogP contribution < -0.4 is 16.2 Å². The van der Waals surface area contributed by atoms with E-state index in [2.05, 4.69) is 0 Å². The summed E-state index contributed by atoms with van der Waals surface area (Å²) >= 11 is 5.67. The lowest BCUT2D eigenvalue weighted by Gasteiger charge is -2.21. The maximum absolute atomic E-state index is 10.7. The molecule has 0 radical (unpaired) electrons. The van der Waals surface area contributed by atoms with Crippen LogP contribution in [0, 0.1) is 0 Å². The SMILES string of the molecule is CC(C)(Oc1ccc(Cl)cc1)C(=O)O.NCCCC[C@H](N)C(=O)O. The fraction of sp³-hybridized carbons (Fsp3) is 0.500. The van der Waals surface area contributed by atoms with Crippen molar-refractivity contribution in [2.45, 2.75) is 44.8 Å². The van der Waals surface area contributed by atoms with Crippen molar-refractivity contribution < 1.29 is 24.5 Å². The van der Waals surface area contributed by atoms with Crippen LogP contribution in [-0.4, -0.2) is 40.3 Å². The second kappa shape index (κ2) is 10.9. The summed E-state index contributed by atoms with van der Waals surface area (Å²) in [6.45, 7) is 3.58. The predicted molar refractivity (Wildman–Crippen MR) is 92.3 cm³/mol. The van der Waals surface area contributed by atoms with E-state index in [1.807, 2.05) is 0 Å². The van der Waals surface area contributed by atoms with Gasteiger partial charge in [0, 0.05) is 5.02 Å². The fourth-order valence-electron chi connectivity index (χ4n) is 1.47. The van der Waals surface area contributed by atoms with E-state index in [1.165, 1.54) is 13.8 Å². The van der Waals surface area contributed by atoms with Crippen LogP contribution >= 0.6 is 11.6 Å². The molecule has 0 saturated carbocycles. The molecule has 0 unspecified atom stereocenters. The van der Waals surface area contributed by atoms with Crippen LogP contribution in [0.1, 0.15) is 33.1 Å². The van der Waals surface area contributed by atoms with Gasteiger partial charge in [-0.05, 0) is 57.5 Å². The number of halogens is 1. The van der Waals surface area contributed by atoms with Gasteiger partial charge in [-0.1, -0.05) is 18.0 Å². The molecule has 0 bridgehead atoms. The molecule has 24 heavy (non-hydrogen) atoms. The molecule has 1 aromatic carbocycles. The van der Waals surface area contributed by atoms with E-state index in [1.54, 1.807) is 24.3 Å². The van der Waals surface area contributed by atoms with Crippen LogP contribution in [-0.2, 0) is 9.59 Å². The van der Waals surface area contributed by atoms with Gasteiger partial charge in [-0.3, -0.25) is 4.79 Å². The maximum Gasteiger partial charge on any atom is 0.347 e. The third-order valence-corrected chi connectivity index (χ3v) is 3.24. The Morgan fingerprint density at radius 3 is 2.17 bits per heavy atom. The Kier molecular flexibility index (Phi) is 10.0. The van der Waals surface area contributed by atoms with Gasteiger partial charge in [-0.25, -0.2) is 4.79 Å². The molecule has 7 nitrogen and oxygen atoms in total. The lowest BCUT2D eigenvalue weighted by molar-refractivity contribution is -0.152. The van der Waals surface area contributed by atoms with E-state index in [0.717, 1.165) is 12.8 Å². The Labute approximate surface area is 146 Å². The van der Waals surface area contributed by atoms with Crippen LogP contribution in [0.25, 0.3) is 0 Å². The van der Waals surface area contributed by atoms with Gasteiger partial charge in [-0.15, -0.1) is 0 Å². The second-order valence-electron chi connectivity index (χ2n) is 5.60. The lowest BCUT2D eigenvalue weighted by atomic mass is 10.1. The summed E-state index contributed by atoms with van der Waals surface area (Å²) in [5.41, 5.74) is 9.19. The van der Waals surface area contributed by atoms with Gasteiger partial charge in [0.2, 0.25) is 0 Å². The highest BCUT2D eigenvalue weighted by atomic mass is 35.5. The van der Waals surface area contributed by atoms with E-state index in [9.17, 15) is 9.59 Å². The lowest BCUT2D eigenvalue weighted by Crippen LogP contribution is -2.37. The monoisotopic (exact) mass is 360 g/mol. The van der Waals surface area contributed by atoms with Crippen molar-refractivity contribution in [3.63, 3.8) is 0 Å². The molecule has 0 heterocycles. The number of hydrogen-bond acceptors (Lipinski definition) is 5. The molecule has 1 rings (SSSR count). The molecule has 0 amide bonds. The number of carboxylic acid groups (broad SMARTS) is 2. The summed E-state index contributed by atoms with van der Waals surface area (Å²) in [5.74, 6) is -1.45. The van der Waals surface area contributed by atoms with Gasteiger partial charge in [-0.2, -0.15) is 0 Å². The fourth-order valence-corrected chi connectivity index (χ4v) is 1.60. The molecule has 0 fully saturated rings. The number of rotatable bonds is 8. The molecule has 1 atom stereocenters. The first-order valence-corrected chi connectivity index (χ1v) is 7.84. The molecule has 0 saturated heterocycles. The number of benzene rings is 1. The molecule has 0 aliphatic heterocycles. The average Bonchev–Trinajstić information content (AvgIpc) is 2.50. The summed E-state index contributed by atoms with van der Waals surface area (Å²) in [5, 5.41) is 17.7. The summed E-state index contributed by atoms with van der Waals surface area (Å²) in [6, 6.07) is 5.84. The summed E-state index contributed by atoms with van der Waals surface area (Å²) in [6.07, 6.45) is 2.16. The van der Waals surface area contributed by atoms with Crippen molar-refractivity contribution in [1.82, 2.24) is 0 Å². The van der Waals surface area contributed by atoms with Gasteiger partial charge in [0.1, 0.15) is 11.8 Å². The number of aliphatic carboxylic acids is 2. The highest BCUT2D eigenvalue weighted by molar-refractivity contribution is 6.30. The Balaban J connectivity index is 0.000000470. The van der Waals surface area contributed by atoms with Gasteiger partial charge in [0.15, 0.2) is 5.60 Å². The third-order valence-electron chi connectivity index (χ3n) is 2.99. The van der Waals surface area contributed by atoms with E-state index >= 15 is 0 Å². The van der Waals surface area contributed by atoms with Crippen molar-refractivity contribution in [3.8, 4) is 5.75 Å². The van der Waals surface area contributed by atoms with Crippen LogP contribution in [0.2, 0.25) is 5.02 Å². The number of carbonyl (C=O) groups is 2. The standard InChI is InChI=1S/C10H11ClO3.C6H14N2O2/c1-10(2,9(12)13)14-8-5-3-7(11)4-6-8;7-4-2-1-3-5(8)6(9)10/h3-6H,1-2H3,(H,12,13);5H,1-4,7-8H2,(H,9,10)/t;5-/m.0/s1. The first kappa shape index (κ1) is 22.2. The normalized spacial score (nSPS) is 11.9. The zero-order valence-corrected chi connectivity index (χ0v) is 14.6. The minimum Gasteiger partial charge on any atom is -0.480 e. The molecule has 136 valence electrons. The largest absolute Gasteiger partial charge is 0.480 e. The van der Waals surface area contributed by atoms with E-state index < -0.39 is 23.6 Å². The van der Waals surface area contributed by atoms with Crippen molar-refractivity contribution >= 4 is 23.5 Å². The van der Waals surface area contributed by atoms with Crippen LogP contribution in [0.5, 0.6) is 5.75 Å². The zero-order chi connectivity index (χ0) is 18.8. The van der Waals surface area contributed by atoms with E-state index in [0.29, 0.717) is 23.7 Å². The van der Waals surface area contributed by atoms with Crippen molar-refractivity contribution in [2.75, 3.05) is 6.54 Å². The topological polar surface area (TPSA) is 136 Å². The Morgan fingerprint density at radius 2 is 1.75 bits per heavy atom. The van der Waals surface area contributed by atoms with Crippen LogP contribution in [0.3, 0.4) is 0 Å². The molecule has 6 N–H and O–H groups in total. The first-order chi connectivity index (χ1) is 11.1. The van der Waals surface area contributed by atoms with Crippen molar-refractivity contribution in [1.29, 1.82) is 0 Å². The number of carboxylic acids is 2. The Morgan fingerprint density at radius 1 is 1.21 bits per heavy atom. The Bertz CT molecular complexity index is 520. The van der Waals surface area contributed by atoms with E-state index in [4.69, 9.17) is 38.0 Å². The molecular weight excluding hydrogens is 336 g/mol. The number of hydrogen-bond donors (Lipinski definition) is 4. The van der Waals surface area contributed by atoms with Crippen LogP contribution in [0.15, 0.2) is 24.3 Å². The van der Waals surface area contributed by atoms with Crippen LogP contribution in [0.4, 0.5) is 0 Å². The average molecular weight is 361 g/mol. The first-order valence-electron chi connectivity index (χ1n) is 7.46. The maximum atomic E-state index is 10.7. The predicted octanol–water partition coefficient (Wildman–Crippen LogP) is 2.11. The van der Waals surface area contributed by atoms with Gasteiger partial charge in [0.25, 0.3) is 0 Å².